The molecule has 0 saturated heterocycles. The molecular formula is C29H29NO2. The van der Waals surface area contributed by atoms with Gasteiger partial charge in [-0.2, -0.15) is 0 Å². The van der Waals surface area contributed by atoms with Crippen LogP contribution in [0.2, 0.25) is 0 Å². The molecule has 0 unspecified atom stereocenters. The summed E-state index contributed by atoms with van der Waals surface area (Å²) >= 11 is 0. The Labute approximate surface area is 190 Å². The quantitative estimate of drug-likeness (QED) is 0.570. The van der Waals surface area contributed by atoms with Crippen molar-refractivity contribution in [3.63, 3.8) is 0 Å². The second-order valence-corrected chi connectivity index (χ2v) is 10.1. The van der Waals surface area contributed by atoms with Crippen molar-refractivity contribution in [2.45, 2.75) is 45.4 Å². The predicted molar refractivity (Wildman–Crippen MR) is 131 cm³/mol. The lowest BCUT2D eigenvalue weighted by atomic mass is 9.77. The monoisotopic (exact) mass is 423 g/mol. The smallest absolute Gasteiger partial charge is 0.200 e. The lowest BCUT2D eigenvalue weighted by Gasteiger charge is -2.28. The van der Waals surface area contributed by atoms with E-state index < -0.39 is 0 Å². The maximum atomic E-state index is 13.2. The summed E-state index contributed by atoms with van der Waals surface area (Å²) in [5.41, 5.74) is 8.45. The number of benzene rings is 2. The Morgan fingerprint density at radius 2 is 1.50 bits per heavy atom. The molecule has 0 atom stereocenters. The van der Waals surface area contributed by atoms with Gasteiger partial charge in [0.25, 0.3) is 0 Å². The number of carbonyl (C=O) groups excluding carboxylic acids is 1. The molecule has 162 valence electrons. The van der Waals surface area contributed by atoms with Crippen LogP contribution in [0.1, 0.15) is 51.3 Å². The third-order valence-electron chi connectivity index (χ3n) is 7.59. The summed E-state index contributed by atoms with van der Waals surface area (Å²) in [5.74, 6) is -0.00285. The molecule has 2 aromatic carbocycles. The SMILES string of the molecule is CC1=C(C=C2C(=O)C(C=C3N(C)c4ccccc4C3(C)C)=C2O)C(C)(C)c2ccccc21. The largest absolute Gasteiger partial charge is 0.506 e. The van der Waals surface area contributed by atoms with Crippen molar-refractivity contribution in [2.75, 3.05) is 11.9 Å². The molecule has 0 spiro atoms. The van der Waals surface area contributed by atoms with Crippen molar-refractivity contribution >= 4 is 17.0 Å². The fourth-order valence-electron chi connectivity index (χ4n) is 5.65. The number of fused-ring (bicyclic) bond motifs is 2. The molecule has 3 nitrogen and oxygen atoms in total. The van der Waals surface area contributed by atoms with Crippen LogP contribution in [0, 0.1) is 0 Å². The minimum absolute atomic E-state index is 0.0923. The minimum Gasteiger partial charge on any atom is -0.506 e. The van der Waals surface area contributed by atoms with Crippen molar-refractivity contribution in [1.82, 2.24) is 0 Å². The van der Waals surface area contributed by atoms with Gasteiger partial charge >= 0.3 is 0 Å². The Kier molecular flexibility index (Phi) is 4.23. The molecular weight excluding hydrogens is 394 g/mol. The highest BCUT2D eigenvalue weighted by molar-refractivity contribution is 6.21. The molecule has 32 heavy (non-hydrogen) atoms. The van der Waals surface area contributed by atoms with E-state index in [2.05, 4.69) is 69.9 Å². The topological polar surface area (TPSA) is 40.5 Å². The maximum Gasteiger partial charge on any atom is 0.200 e. The average Bonchev–Trinajstić information content (AvgIpc) is 3.09. The lowest BCUT2D eigenvalue weighted by molar-refractivity contribution is -0.113. The molecule has 0 aromatic heterocycles. The van der Waals surface area contributed by atoms with Crippen molar-refractivity contribution in [1.29, 1.82) is 0 Å². The van der Waals surface area contributed by atoms with Crippen LogP contribution in [-0.4, -0.2) is 17.9 Å². The van der Waals surface area contributed by atoms with Gasteiger partial charge in [0.15, 0.2) is 0 Å². The van der Waals surface area contributed by atoms with Crippen molar-refractivity contribution in [3.05, 3.63) is 106 Å². The Hall–Kier alpha value is -3.33. The number of ketones is 1. The number of allylic oxidation sites excluding steroid dienone is 7. The first kappa shape index (κ1) is 20.6. The summed E-state index contributed by atoms with van der Waals surface area (Å²) in [4.78, 5) is 15.3. The summed E-state index contributed by atoms with van der Waals surface area (Å²) in [6.45, 7) is 10.8. The van der Waals surface area contributed by atoms with Gasteiger partial charge in [-0.1, -0.05) is 70.2 Å². The standard InChI is InChI=1S/C29H29NO2/c1-17-18-11-7-8-12-21(18)28(2,3)23(17)15-19-26(31)20(27(19)32)16-25-29(4,5)22-13-9-10-14-24(22)30(25)6/h7-16,31H,1-6H3. The summed E-state index contributed by atoms with van der Waals surface area (Å²) < 4.78 is 0. The molecule has 3 heteroatoms. The number of para-hydroxylation sites is 1. The number of Topliss-reactive ketones (excluding diaryl/α,β-unsaturated/α-hetero) is 1. The summed E-state index contributed by atoms with van der Waals surface area (Å²) in [7, 11) is 2.02. The van der Waals surface area contributed by atoms with Gasteiger partial charge in [-0.15, -0.1) is 0 Å². The minimum atomic E-state index is -0.243. The third kappa shape index (κ3) is 2.57. The molecule has 1 heterocycles. The van der Waals surface area contributed by atoms with Crippen LogP contribution in [0.4, 0.5) is 5.69 Å². The molecule has 2 aromatic rings. The first-order valence-electron chi connectivity index (χ1n) is 11.1. The van der Waals surface area contributed by atoms with Gasteiger partial charge in [0, 0.05) is 29.3 Å². The number of hydrogen-bond donors (Lipinski definition) is 1. The lowest BCUT2D eigenvalue weighted by Crippen LogP contribution is -2.27. The van der Waals surface area contributed by atoms with E-state index in [9.17, 15) is 9.90 Å². The van der Waals surface area contributed by atoms with Crippen LogP contribution >= 0.6 is 0 Å². The van der Waals surface area contributed by atoms with Gasteiger partial charge in [-0.3, -0.25) is 4.79 Å². The van der Waals surface area contributed by atoms with Crippen LogP contribution in [0.25, 0.3) is 5.57 Å². The molecule has 1 aliphatic heterocycles. The highest BCUT2D eigenvalue weighted by Gasteiger charge is 2.42. The molecule has 0 amide bonds. The number of aliphatic hydroxyl groups excluding tert-OH is 1. The molecule has 5 rings (SSSR count). The van der Waals surface area contributed by atoms with Crippen LogP contribution in [-0.2, 0) is 15.6 Å². The van der Waals surface area contributed by atoms with Crippen molar-refractivity contribution < 1.29 is 9.90 Å². The number of anilines is 1. The zero-order chi connectivity index (χ0) is 23.0. The first-order valence-corrected chi connectivity index (χ1v) is 11.1. The molecule has 0 bridgehead atoms. The summed E-state index contributed by atoms with van der Waals surface area (Å²) in [6, 6.07) is 16.7. The zero-order valence-electron chi connectivity index (χ0n) is 19.6. The van der Waals surface area contributed by atoms with E-state index >= 15 is 0 Å². The van der Waals surface area contributed by atoms with E-state index in [0.29, 0.717) is 11.1 Å². The highest BCUT2D eigenvalue weighted by atomic mass is 16.3. The number of carbonyl (C=O) groups is 1. The van der Waals surface area contributed by atoms with Crippen molar-refractivity contribution in [3.8, 4) is 0 Å². The Morgan fingerprint density at radius 3 is 2.12 bits per heavy atom. The van der Waals surface area contributed by atoms with Gasteiger partial charge in [0.2, 0.25) is 5.78 Å². The summed E-state index contributed by atoms with van der Waals surface area (Å²) in [6.07, 6.45) is 3.76. The van der Waals surface area contributed by atoms with Gasteiger partial charge in [0.1, 0.15) is 5.76 Å². The second-order valence-electron chi connectivity index (χ2n) is 10.1. The van der Waals surface area contributed by atoms with E-state index in [1.807, 2.05) is 37.4 Å². The third-order valence-corrected chi connectivity index (χ3v) is 7.59. The molecule has 0 radical (unpaired) electrons. The van der Waals surface area contributed by atoms with Crippen LogP contribution in [0.5, 0.6) is 0 Å². The highest BCUT2D eigenvalue weighted by Crippen LogP contribution is 2.50. The number of hydrogen-bond acceptors (Lipinski definition) is 3. The van der Waals surface area contributed by atoms with Gasteiger partial charge in [-0.25, -0.2) is 0 Å². The van der Waals surface area contributed by atoms with Crippen molar-refractivity contribution in [2.24, 2.45) is 0 Å². The Balaban J connectivity index is 1.55. The normalized spacial score (nSPS) is 23.2. The van der Waals surface area contributed by atoms with Crippen LogP contribution < -0.4 is 4.90 Å². The zero-order valence-corrected chi connectivity index (χ0v) is 19.6. The van der Waals surface area contributed by atoms with E-state index in [4.69, 9.17) is 0 Å². The first-order chi connectivity index (χ1) is 15.1. The van der Waals surface area contributed by atoms with Gasteiger partial charge in [-0.05, 0) is 53.0 Å². The number of aliphatic hydroxyl groups is 1. The molecule has 2 aliphatic carbocycles. The van der Waals surface area contributed by atoms with E-state index in [1.165, 1.54) is 16.7 Å². The Bertz CT molecular complexity index is 1310. The molecule has 3 aliphatic rings. The summed E-state index contributed by atoms with van der Waals surface area (Å²) in [5, 5.41) is 10.9. The van der Waals surface area contributed by atoms with Gasteiger partial charge < -0.3 is 10.0 Å². The Morgan fingerprint density at radius 1 is 0.875 bits per heavy atom. The average molecular weight is 424 g/mol. The number of nitrogens with zero attached hydrogens (tertiary/aromatic N) is 1. The maximum absolute atomic E-state index is 13.2. The fourth-order valence-corrected chi connectivity index (χ4v) is 5.65. The molecule has 1 N–H and O–H groups in total. The predicted octanol–water partition coefficient (Wildman–Crippen LogP) is 6.38. The molecule has 0 fully saturated rings. The van der Waals surface area contributed by atoms with Gasteiger partial charge in [0.05, 0.1) is 11.1 Å². The van der Waals surface area contributed by atoms with E-state index in [0.717, 1.165) is 22.5 Å². The number of rotatable bonds is 2. The van der Waals surface area contributed by atoms with Crippen LogP contribution in [0.3, 0.4) is 0 Å². The second kappa shape index (κ2) is 6.59. The van der Waals surface area contributed by atoms with Crippen LogP contribution in [0.15, 0.2) is 88.9 Å². The number of likely N-dealkylation sites (N-methyl/N-ethyl adjacent to an activating group) is 1. The fraction of sp³-hybridized carbons (Fsp3) is 0.276. The van der Waals surface area contributed by atoms with E-state index in [-0.39, 0.29) is 22.4 Å². The molecule has 0 saturated carbocycles. The van der Waals surface area contributed by atoms with E-state index in [1.54, 1.807) is 0 Å².